The maximum atomic E-state index is 11.1. The second-order valence-corrected chi connectivity index (χ2v) is 5.50. The average molecular weight is 260 g/mol. The molecule has 0 spiro atoms. The molecule has 0 radical (unpaired) electrons. The number of aromatic nitrogens is 2. The Balaban J connectivity index is 2.02. The summed E-state index contributed by atoms with van der Waals surface area (Å²) in [5.74, 6) is -1.21. The van der Waals surface area contributed by atoms with Gasteiger partial charge in [-0.15, -0.1) is 11.3 Å². The van der Waals surface area contributed by atoms with Crippen LogP contribution in [0.25, 0.3) is 10.7 Å². The van der Waals surface area contributed by atoms with E-state index in [2.05, 4.69) is 9.97 Å². The van der Waals surface area contributed by atoms with Gasteiger partial charge in [0.25, 0.3) is 0 Å². The zero-order chi connectivity index (χ0) is 12.7. The third-order valence-electron chi connectivity index (χ3n) is 3.12. The minimum atomic E-state index is -0.775. The molecule has 3 rings (SSSR count). The van der Waals surface area contributed by atoms with Crippen LogP contribution in [-0.4, -0.2) is 21.0 Å². The fourth-order valence-electron chi connectivity index (χ4n) is 2.24. The van der Waals surface area contributed by atoms with E-state index in [9.17, 15) is 4.79 Å². The molecule has 2 aromatic heterocycles. The van der Waals surface area contributed by atoms with Crippen LogP contribution in [0.2, 0.25) is 0 Å². The highest BCUT2D eigenvalue weighted by atomic mass is 32.1. The molecule has 0 bridgehead atoms. The van der Waals surface area contributed by atoms with Crippen LogP contribution in [0.5, 0.6) is 0 Å². The maximum Gasteiger partial charge on any atom is 0.312 e. The molecule has 0 fully saturated rings. The summed E-state index contributed by atoms with van der Waals surface area (Å²) in [6.45, 7) is 1.94. The Kier molecular flexibility index (Phi) is 2.63. The van der Waals surface area contributed by atoms with Crippen molar-refractivity contribution in [1.29, 1.82) is 0 Å². The molecule has 2 aromatic rings. The van der Waals surface area contributed by atoms with Gasteiger partial charge < -0.3 is 5.11 Å². The Morgan fingerprint density at radius 2 is 2.28 bits per heavy atom. The zero-order valence-electron chi connectivity index (χ0n) is 9.88. The van der Waals surface area contributed by atoms with Gasteiger partial charge >= 0.3 is 5.97 Å². The van der Waals surface area contributed by atoms with Crippen LogP contribution in [0.1, 0.15) is 28.6 Å². The number of nitrogens with zero attached hydrogens (tertiary/aromatic N) is 2. The summed E-state index contributed by atoms with van der Waals surface area (Å²) in [5.41, 5.74) is 2.52. The number of thiazole rings is 1. The molecular weight excluding hydrogens is 248 g/mol. The zero-order valence-corrected chi connectivity index (χ0v) is 10.7. The Morgan fingerprint density at radius 3 is 3.00 bits per heavy atom. The molecule has 0 amide bonds. The fourth-order valence-corrected chi connectivity index (χ4v) is 3.35. The van der Waals surface area contributed by atoms with E-state index in [0.29, 0.717) is 6.42 Å². The summed E-state index contributed by atoms with van der Waals surface area (Å²) >= 11 is 1.57. The Labute approximate surface area is 108 Å². The van der Waals surface area contributed by atoms with Gasteiger partial charge in [-0.1, -0.05) is 6.07 Å². The van der Waals surface area contributed by atoms with Crippen molar-refractivity contribution in [2.24, 2.45) is 0 Å². The topological polar surface area (TPSA) is 63.1 Å². The molecule has 1 aliphatic rings. The lowest BCUT2D eigenvalue weighted by molar-refractivity contribution is -0.138. The summed E-state index contributed by atoms with van der Waals surface area (Å²) in [6, 6.07) is 5.79. The van der Waals surface area contributed by atoms with Crippen molar-refractivity contribution in [2.75, 3.05) is 0 Å². The molecule has 4 nitrogen and oxygen atoms in total. The van der Waals surface area contributed by atoms with Gasteiger partial charge in [0.15, 0.2) is 0 Å². The number of carboxylic acid groups (broad SMARTS) is 1. The third kappa shape index (κ3) is 1.80. The van der Waals surface area contributed by atoms with E-state index in [-0.39, 0.29) is 0 Å². The predicted molar refractivity (Wildman–Crippen MR) is 68.8 cm³/mol. The average Bonchev–Trinajstić information content (AvgIpc) is 2.87. The lowest BCUT2D eigenvalue weighted by Crippen LogP contribution is -2.08. The highest BCUT2D eigenvalue weighted by Gasteiger charge is 2.32. The minimum absolute atomic E-state index is 0.435. The molecule has 0 saturated carbocycles. The summed E-state index contributed by atoms with van der Waals surface area (Å²) in [5, 5.41) is 9.96. The first-order valence-electron chi connectivity index (χ1n) is 5.81. The number of pyridine rings is 1. The molecule has 92 valence electrons. The number of carboxylic acids is 1. The second kappa shape index (κ2) is 4.17. The highest BCUT2D eigenvalue weighted by molar-refractivity contribution is 7.15. The molecule has 1 aliphatic carbocycles. The Bertz CT molecular complexity index is 621. The monoisotopic (exact) mass is 260 g/mol. The van der Waals surface area contributed by atoms with Crippen LogP contribution in [-0.2, 0) is 11.2 Å². The normalized spacial score (nSPS) is 17.7. The molecule has 1 unspecified atom stereocenters. The number of hydrogen-bond donors (Lipinski definition) is 1. The molecule has 1 atom stereocenters. The number of aliphatic carboxylic acids is 1. The van der Waals surface area contributed by atoms with Crippen molar-refractivity contribution in [3.05, 3.63) is 34.5 Å². The number of hydrogen-bond acceptors (Lipinski definition) is 4. The Hall–Kier alpha value is -1.75. The van der Waals surface area contributed by atoms with Crippen LogP contribution in [0.3, 0.4) is 0 Å². The first-order chi connectivity index (χ1) is 8.65. The largest absolute Gasteiger partial charge is 0.481 e. The van der Waals surface area contributed by atoms with Crippen LogP contribution in [0.4, 0.5) is 0 Å². The van der Waals surface area contributed by atoms with Gasteiger partial charge in [0.2, 0.25) is 0 Å². The smallest absolute Gasteiger partial charge is 0.312 e. The summed E-state index contributed by atoms with van der Waals surface area (Å²) < 4.78 is 0. The standard InChI is InChI=1S/C13H12N2O2S/c1-7-3-2-4-9(14-7)12-15-11-8(13(16)17)5-6-10(11)18-12/h2-4,8H,5-6H2,1H3,(H,16,17). The van der Waals surface area contributed by atoms with Gasteiger partial charge in [0.1, 0.15) is 10.9 Å². The summed E-state index contributed by atoms with van der Waals surface area (Å²) in [4.78, 5) is 21.1. The molecular formula is C13H12N2O2S. The first-order valence-corrected chi connectivity index (χ1v) is 6.63. The molecule has 0 aromatic carbocycles. The lowest BCUT2D eigenvalue weighted by atomic mass is 10.1. The molecule has 1 N–H and O–H groups in total. The van der Waals surface area contributed by atoms with E-state index in [1.54, 1.807) is 11.3 Å². The molecule has 18 heavy (non-hydrogen) atoms. The van der Waals surface area contributed by atoms with Crippen molar-refractivity contribution in [2.45, 2.75) is 25.7 Å². The number of fused-ring (bicyclic) bond motifs is 1. The minimum Gasteiger partial charge on any atom is -0.481 e. The van der Waals surface area contributed by atoms with Crippen LogP contribution < -0.4 is 0 Å². The summed E-state index contributed by atoms with van der Waals surface area (Å²) in [7, 11) is 0. The van der Waals surface area contributed by atoms with Gasteiger partial charge in [-0.2, -0.15) is 0 Å². The summed E-state index contributed by atoms with van der Waals surface area (Å²) in [6.07, 6.45) is 1.49. The molecule has 0 saturated heterocycles. The van der Waals surface area contributed by atoms with Crippen molar-refractivity contribution >= 4 is 17.3 Å². The SMILES string of the molecule is Cc1cccc(-c2nc3c(s2)CCC3C(=O)O)n1. The molecule has 0 aliphatic heterocycles. The van der Waals surface area contributed by atoms with Gasteiger partial charge in [0, 0.05) is 10.6 Å². The second-order valence-electron chi connectivity index (χ2n) is 4.42. The lowest BCUT2D eigenvalue weighted by Gasteiger charge is -2.01. The number of aryl methyl sites for hydroxylation is 2. The van der Waals surface area contributed by atoms with E-state index in [0.717, 1.165) is 33.4 Å². The van der Waals surface area contributed by atoms with E-state index < -0.39 is 11.9 Å². The van der Waals surface area contributed by atoms with Gasteiger partial charge in [-0.3, -0.25) is 9.78 Å². The van der Waals surface area contributed by atoms with Crippen LogP contribution in [0, 0.1) is 6.92 Å². The Morgan fingerprint density at radius 1 is 1.44 bits per heavy atom. The van der Waals surface area contributed by atoms with Crippen molar-refractivity contribution < 1.29 is 9.90 Å². The van der Waals surface area contributed by atoms with E-state index in [1.807, 2.05) is 25.1 Å². The van der Waals surface area contributed by atoms with Gasteiger partial charge in [-0.25, -0.2) is 4.98 Å². The first kappa shape index (κ1) is 11.3. The fraction of sp³-hybridized carbons (Fsp3) is 0.308. The van der Waals surface area contributed by atoms with Crippen LogP contribution in [0.15, 0.2) is 18.2 Å². The number of rotatable bonds is 2. The van der Waals surface area contributed by atoms with Crippen molar-refractivity contribution in [1.82, 2.24) is 9.97 Å². The van der Waals surface area contributed by atoms with Crippen molar-refractivity contribution in [3.8, 4) is 10.7 Å². The quantitative estimate of drug-likeness (QED) is 0.901. The third-order valence-corrected chi connectivity index (χ3v) is 4.28. The highest BCUT2D eigenvalue weighted by Crippen LogP contribution is 2.39. The number of carbonyl (C=O) groups is 1. The van der Waals surface area contributed by atoms with Gasteiger partial charge in [0.05, 0.1) is 11.4 Å². The maximum absolute atomic E-state index is 11.1. The predicted octanol–water partition coefficient (Wildman–Crippen LogP) is 2.63. The molecule has 2 heterocycles. The van der Waals surface area contributed by atoms with E-state index in [1.165, 1.54) is 0 Å². The van der Waals surface area contributed by atoms with Crippen LogP contribution >= 0.6 is 11.3 Å². The van der Waals surface area contributed by atoms with Gasteiger partial charge in [-0.05, 0) is 31.9 Å². The van der Waals surface area contributed by atoms with E-state index in [4.69, 9.17) is 5.11 Å². The molecule has 5 heteroatoms. The van der Waals surface area contributed by atoms with E-state index >= 15 is 0 Å². The van der Waals surface area contributed by atoms with Crippen molar-refractivity contribution in [3.63, 3.8) is 0 Å².